The first kappa shape index (κ1) is 19.0. The Labute approximate surface area is 148 Å². The molecule has 7 heteroatoms. The first-order valence-corrected chi connectivity index (χ1v) is 9.90. The van der Waals surface area contributed by atoms with E-state index >= 15 is 0 Å². The van der Waals surface area contributed by atoms with Gasteiger partial charge in [0.2, 0.25) is 11.9 Å². The van der Waals surface area contributed by atoms with Crippen LogP contribution in [0.4, 0.5) is 5.95 Å². The number of aliphatic hydroxyl groups is 1. The van der Waals surface area contributed by atoms with Crippen molar-refractivity contribution in [1.29, 1.82) is 0 Å². The molecule has 24 heavy (non-hydrogen) atoms. The van der Waals surface area contributed by atoms with E-state index in [-0.39, 0.29) is 24.5 Å². The van der Waals surface area contributed by atoms with Gasteiger partial charge in [0, 0.05) is 24.5 Å². The molecule has 1 aliphatic heterocycles. The predicted molar refractivity (Wildman–Crippen MR) is 98.5 cm³/mol. The van der Waals surface area contributed by atoms with Crippen LogP contribution >= 0.6 is 11.8 Å². The van der Waals surface area contributed by atoms with Gasteiger partial charge in [0.15, 0.2) is 0 Å². The van der Waals surface area contributed by atoms with Gasteiger partial charge in [-0.15, -0.1) is 0 Å². The van der Waals surface area contributed by atoms with Crippen molar-refractivity contribution in [3.8, 4) is 0 Å². The molecule has 1 saturated heterocycles. The van der Waals surface area contributed by atoms with E-state index in [1.807, 2.05) is 26.2 Å². The Morgan fingerprint density at radius 2 is 2.17 bits per heavy atom. The first-order valence-electron chi connectivity index (χ1n) is 8.51. The fourth-order valence-corrected chi connectivity index (χ4v) is 3.53. The molecule has 1 aromatic heterocycles. The van der Waals surface area contributed by atoms with E-state index in [9.17, 15) is 9.90 Å². The summed E-state index contributed by atoms with van der Waals surface area (Å²) in [6.07, 6.45) is 4.63. The smallest absolute Gasteiger partial charge is 0.225 e. The Bertz CT molecular complexity index is 535. The number of anilines is 1. The fourth-order valence-electron chi connectivity index (χ4n) is 3.01. The molecule has 0 aromatic carbocycles. The molecule has 6 nitrogen and oxygen atoms in total. The summed E-state index contributed by atoms with van der Waals surface area (Å²) in [7, 11) is 0. The number of aromatic nitrogens is 2. The van der Waals surface area contributed by atoms with Crippen molar-refractivity contribution in [2.75, 3.05) is 36.6 Å². The standard InChI is InChI=1S/C17H28N4O2S/c1-12-9-13(2)19-17(18-12)21-7-4-5-14(10-21)16(23)20-15(11-22)6-8-24-3/h9,14-15,22H,4-8,10-11H2,1-3H3,(H,20,23)/t14?,15-/m0/s1. The van der Waals surface area contributed by atoms with Crippen molar-refractivity contribution in [2.45, 2.75) is 39.2 Å². The number of piperidine rings is 1. The van der Waals surface area contributed by atoms with Gasteiger partial charge < -0.3 is 15.3 Å². The highest BCUT2D eigenvalue weighted by Crippen LogP contribution is 2.21. The largest absolute Gasteiger partial charge is 0.394 e. The maximum atomic E-state index is 12.5. The van der Waals surface area contributed by atoms with E-state index in [4.69, 9.17) is 0 Å². The van der Waals surface area contributed by atoms with Gasteiger partial charge in [-0.3, -0.25) is 4.79 Å². The van der Waals surface area contributed by atoms with Gasteiger partial charge in [0.05, 0.1) is 18.6 Å². The van der Waals surface area contributed by atoms with Crippen LogP contribution in [0, 0.1) is 19.8 Å². The van der Waals surface area contributed by atoms with Crippen molar-refractivity contribution in [2.24, 2.45) is 5.92 Å². The molecule has 1 aliphatic rings. The Hall–Kier alpha value is -1.34. The van der Waals surface area contributed by atoms with E-state index in [1.165, 1.54) is 0 Å². The van der Waals surface area contributed by atoms with Crippen molar-refractivity contribution in [3.63, 3.8) is 0 Å². The average molecular weight is 353 g/mol. The second kappa shape index (κ2) is 9.22. The van der Waals surface area contributed by atoms with Crippen LogP contribution in [-0.2, 0) is 4.79 Å². The number of hydrogen-bond acceptors (Lipinski definition) is 6. The lowest BCUT2D eigenvalue weighted by Gasteiger charge is -2.33. The molecule has 1 amide bonds. The van der Waals surface area contributed by atoms with Crippen LogP contribution < -0.4 is 10.2 Å². The zero-order valence-electron chi connectivity index (χ0n) is 14.8. The van der Waals surface area contributed by atoms with E-state index in [0.29, 0.717) is 12.5 Å². The molecule has 0 spiro atoms. The van der Waals surface area contributed by atoms with Gasteiger partial charge >= 0.3 is 0 Å². The molecule has 0 saturated carbocycles. The Morgan fingerprint density at radius 1 is 1.46 bits per heavy atom. The van der Waals surface area contributed by atoms with Gasteiger partial charge in [-0.1, -0.05) is 0 Å². The van der Waals surface area contributed by atoms with Crippen molar-refractivity contribution in [1.82, 2.24) is 15.3 Å². The van der Waals surface area contributed by atoms with Gasteiger partial charge in [0.25, 0.3) is 0 Å². The monoisotopic (exact) mass is 352 g/mol. The Morgan fingerprint density at radius 3 is 2.79 bits per heavy atom. The van der Waals surface area contributed by atoms with Crippen LogP contribution in [0.25, 0.3) is 0 Å². The lowest BCUT2D eigenvalue weighted by atomic mass is 9.97. The predicted octanol–water partition coefficient (Wildman–Crippen LogP) is 1.54. The molecule has 2 rings (SSSR count). The second-order valence-electron chi connectivity index (χ2n) is 6.41. The third-order valence-corrected chi connectivity index (χ3v) is 4.93. The number of thioether (sulfide) groups is 1. The lowest BCUT2D eigenvalue weighted by Crippen LogP contribution is -2.47. The van der Waals surface area contributed by atoms with Crippen LogP contribution in [0.5, 0.6) is 0 Å². The molecular formula is C17H28N4O2S. The summed E-state index contributed by atoms with van der Waals surface area (Å²) in [5, 5.41) is 12.4. The van der Waals surface area contributed by atoms with Gasteiger partial charge in [-0.05, 0) is 51.2 Å². The summed E-state index contributed by atoms with van der Waals surface area (Å²) >= 11 is 1.72. The van der Waals surface area contributed by atoms with Gasteiger partial charge in [0.1, 0.15) is 0 Å². The molecule has 2 heterocycles. The third kappa shape index (κ3) is 5.34. The summed E-state index contributed by atoms with van der Waals surface area (Å²) in [5.74, 6) is 1.60. The molecule has 1 aromatic rings. The van der Waals surface area contributed by atoms with Crippen molar-refractivity contribution >= 4 is 23.6 Å². The molecule has 1 unspecified atom stereocenters. The van der Waals surface area contributed by atoms with Crippen LogP contribution in [-0.4, -0.2) is 58.7 Å². The summed E-state index contributed by atoms with van der Waals surface area (Å²) in [6, 6.07) is 1.80. The number of rotatable bonds is 7. The molecule has 0 bridgehead atoms. The maximum absolute atomic E-state index is 12.5. The van der Waals surface area contributed by atoms with Crippen molar-refractivity contribution < 1.29 is 9.90 Å². The fraction of sp³-hybridized carbons (Fsp3) is 0.706. The molecule has 2 N–H and O–H groups in total. The lowest BCUT2D eigenvalue weighted by molar-refractivity contribution is -0.126. The summed E-state index contributed by atoms with van der Waals surface area (Å²) in [5.41, 5.74) is 1.89. The second-order valence-corrected chi connectivity index (χ2v) is 7.39. The summed E-state index contributed by atoms with van der Waals surface area (Å²) in [6.45, 7) is 5.43. The summed E-state index contributed by atoms with van der Waals surface area (Å²) in [4.78, 5) is 23.7. The normalized spacial score (nSPS) is 19.2. The molecule has 0 aliphatic carbocycles. The number of hydrogen-bond donors (Lipinski definition) is 2. The van der Waals surface area contributed by atoms with Crippen molar-refractivity contribution in [3.05, 3.63) is 17.5 Å². The van der Waals surface area contributed by atoms with Crippen LogP contribution in [0.1, 0.15) is 30.7 Å². The minimum absolute atomic E-state index is 0.0110. The highest BCUT2D eigenvalue weighted by atomic mass is 32.2. The highest BCUT2D eigenvalue weighted by molar-refractivity contribution is 7.98. The van der Waals surface area contributed by atoms with E-state index in [1.54, 1.807) is 11.8 Å². The van der Waals surface area contributed by atoms with E-state index in [0.717, 1.165) is 42.9 Å². The van der Waals surface area contributed by atoms with E-state index in [2.05, 4.69) is 20.2 Å². The molecule has 2 atom stereocenters. The van der Waals surface area contributed by atoms with Crippen LogP contribution in [0.15, 0.2) is 6.07 Å². The third-order valence-electron chi connectivity index (χ3n) is 4.28. The zero-order valence-corrected chi connectivity index (χ0v) is 15.6. The molecule has 1 fully saturated rings. The number of aryl methyl sites for hydroxylation is 2. The molecule has 134 valence electrons. The molecule has 0 radical (unpaired) electrons. The minimum atomic E-state index is -0.155. The number of nitrogens with one attached hydrogen (secondary N) is 1. The quantitative estimate of drug-likeness (QED) is 0.775. The van der Waals surface area contributed by atoms with Crippen LogP contribution in [0.3, 0.4) is 0 Å². The SMILES string of the molecule is CSCC[C@@H](CO)NC(=O)C1CCCN(c2nc(C)cc(C)n2)C1. The number of amides is 1. The number of carbonyl (C=O) groups excluding carboxylic acids is 1. The first-order chi connectivity index (χ1) is 11.5. The number of aliphatic hydroxyl groups excluding tert-OH is 1. The number of nitrogens with zero attached hydrogens (tertiary/aromatic N) is 3. The summed E-state index contributed by atoms with van der Waals surface area (Å²) < 4.78 is 0. The van der Waals surface area contributed by atoms with Crippen LogP contribution in [0.2, 0.25) is 0 Å². The topological polar surface area (TPSA) is 78.4 Å². The van der Waals surface area contributed by atoms with Gasteiger partial charge in [-0.2, -0.15) is 11.8 Å². The number of carbonyl (C=O) groups is 1. The zero-order chi connectivity index (χ0) is 17.5. The average Bonchev–Trinajstić information content (AvgIpc) is 2.57. The minimum Gasteiger partial charge on any atom is -0.394 e. The van der Waals surface area contributed by atoms with Gasteiger partial charge in [-0.25, -0.2) is 9.97 Å². The molecular weight excluding hydrogens is 324 g/mol. The Kier molecular flexibility index (Phi) is 7.30. The maximum Gasteiger partial charge on any atom is 0.225 e. The Balaban J connectivity index is 1.97. The van der Waals surface area contributed by atoms with E-state index < -0.39 is 0 Å². The highest BCUT2D eigenvalue weighted by Gasteiger charge is 2.28.